The van der Waals surface area contributed by atoms with Crippen LogP contribution in [-0.4, -0.2) is 48.1 Å². The fourth-order valence-electron chi connectivity index (χ4n) is 3.10. The number of nitrogens with zero attached hydrogens (tertiary/aromatic N) is 3. The lowest BCUT2D eigenvalue weighted by Crippen LogP contribution is -2.45. The molecule has 0 saturated carbocycles. The van der Waals surface area contributed by atoms with Gasteiger partial charge in [-0.05, 0) is 17.7 Å². The van der Waals surface area contributed by atoms with E-state index in [-0.39, 0.29) is 0 Å². The summed E-state index contributed by atoms with van der Waals surface area (Å²) in [7, 11) is 1.60. The summed E-state index contributed by atoms with van der Waals surface area (Å²) in [5.41, 5.74) is 1.07. The van der Waals surface area contributed by atoms with Gasteiger partial charge in [0.25, 0.3) is 0 Å². The zero-order valence-corrected chi connectivity index (χ0v) is 14.7. The Hall–Kier alpha value is -2.12. The van der Waals surface area contributed by atoms with Crippen LogP contribution in [0.25, 0.3) is 0 Å². The number of aromatic nitrogens is 1. The first-order valence-electron chi connectivity index (χ1n) is 8.55. The molecule has 1 saturated heterocycles. The zero-order valence-electron chi connectivity index (χ0n) is 14.7. The zero-order chi connectivity index (χ0) is 18.6. The third kappa shape index (κ3) is 4.95. The second-order valence-electron chi connectivity index (χ2n) is 6.42. The molecule has 2 aromatic rings. The van der Waals surface area contributed by atoms with Gasteiger partial charge in [0.05, 0.1) is 18.4 Å². The summed E-state index contributed by atoms with van der Waals surface area (Å²) in [4.78, 5) is 8.90. The predicted octanol–water partition coefficient (Wildman–Crippen LogP) is 3.43. The van der Waals surface area contributed by atoms with Gasteiger partial charge in [0.15, 0.2) is 0 Å². The van der Waals surface area contributed by atoms with Crippen molar-refractivity contribution in [3.05, 3.63) is 59.3 Å². The topological polar surface area (TPSA) is 28.6 Å². The van der Waals surface area contributed by atoms with Crippen molar-refractivity contribution in [3.63, 3.8) is 0 Å². The van der Waals surface area contributed by atoms with E-state index in [9.17, 15) is 13.2 Å². The lowest BCUT2D eigenvalue weighted by molar-refractivity contribution is -0.137. The average molecular weight is 365 g/mol. The monoisotopic (exact) mass is 365 g/mol. The molecule has 4 nitrogen and oxygen atoms in total. The van der Waals surface area contributed by atoms with Crippen molar-refractivity contribution in [1.29, 1.82) is 0 Å². The highest BCUT2D eigenvalue weighted by atomic mass is 19.4. The number of methoxy groups -OCH3 is 1. The van der Waals surface area contributed by atoms with Crippen molar-refractivity contribution < 1.29 is 17.9 Å². The van der Waals surface area contributed by atoms with Crippen LogP contribution in [0.1, 0.15) is 16.8 Å². The van der Waals surface area contributed by atoms with Crippen molar-refractivity contribution in [2.75, 3.05) is 33.3 Å². The standard InChI is InChI=1S/C19H22F3N3O/c1-26-18-7-3-6-17(23-18)14-25-10-8-24(9-11-25)13-15-4-2-5-16(12-15)19(20,21)22/h2-7,12H,8-11,13-14H2,1H3. The van der Waals surface area contributed by atoms with Crippen molar-refractivity contribution >= 4 is 0 Å². The Morgan fingerprint density at radius 3 is 2.27 bits per heavy atom. The summed E-state index contributed by atoms with van der Waals surface area (Å²) in [5, 5.41) is 0. The Bertz CT molecular complexity index is 728. The molecule has 0 aliphatic carbocycles. The Morgan fingerprint density at radius 2 is 1.62 bits per heavy atom. The van der Waals surface area contributed by atoms with Gasteiger partial charge in [0, 0.05) is 45.3 Å². The highest BCUT2D eigenvalue weighted by molar-refractivity contribution is 5.25. The molecular weight excluding hydrogens is 343 g/mol. The first kappa shape index (κ1) is 18.7. The molecule has 1 aromatic heterocycles. The number of alkyl halides is 3. The molecule has 1 fully saturated rings. The molecule has 0 amide bonds. The van der Waals surface area contributed by atoms with Gasteiger partial charge in [-0.1, -0.05) is 24.3 Å². The summed E-state index contributed by atoms with van der Waals surface area (Å²) in [5.74, 6) is 0.602. The fourth-order valence-corrected chi connectivity index (χ4v) is 3.10. The SMILES string of the molecule is COc1cccc(CN2CCN(Cc3cccc(C(F)(F)F)c3)CC2)n1. The number of ether oxygens (including phenoxy) is 1. The number of piperazine rings is 1. The molecule has 26 heavy (non-hydrogen) atoms. The lowest BCUT2D eigenvalue weighted by Gasteiger charge is -2.34. The van der Waals surface area contributed by atoms with Crippen LogP contribution in [0, 0.1) is 0 Å². The first-order valence-corrected chi connectivity index (χ1v) is 8.55. The smallest absolute Gasteiger partial charge is 0.416 e. The molecule has 1 aliphatic heterocycles. The second-order valence-corrected chi connectivity index (χ2v) is 6.42. The van der Waals surface area contributed by atoms with E-state index in [1.54, 1.807) is 13.2 Å². The fraction of sp³-hybridized carbons (Fsp3) is 0.421. The number of hydrogen-bond donors (Lipinski definition) is 0. The minimum absolute atomic E-state index is 0.537. The summed E-state index contributed by atoms with van der Waals surface area (Å²) in [6.45, 7) is 4.64. The molecule has 1 aliphatic rings. The Balaban J connectivity index is 1.52. The molecule has 0 unspecified atom stereocenters. The van der Waals surface area contributed by atoms with Crippen LogP contribution in [-0.2, 0) is 19.3 Å². The lowest BCUT2D eigenvalue weighted by atomic mass is 10.1. The second kappa shape index (κ2) is 8.05. The van der Waals surface area contributed by atoms with Crippen molar-refractivity contribution in [2.24, 2.45) is 0 Å². The number of rotatable bonds is 5. The highest BCUT2D eigenvalue weighted by Gasteiger charge is 2.30. The van der Waals surface area contributed by atoms with E-state index in [2.05, 4.69) is 14.8 Å². The van der Waals surface area contributed by atoms with Crippen molar-refractivity contribution in [2.45, 2.75) is 19.3 Å². The van der Waals surface area contributed by atoms with E-state index in [1.165, 1.54) is 12.1 Å². The highest BCUT2D eigenvalue weighted by Crippen LogP contribution is 2.29. The quantitative estimate of drug-likeness (QED) is 0.812. The third-order valence-corrected chi connectivity index (χ3v) is 4.50. The molecule has 140 valence electrons. The van der Waals surface area contributed by atoms with Gasteiger partial charge in [0.1, 0.15) is 0 Å². The Labute approximate surface area is 151 Å². The molecule has 1 aromatic carbocycles. The summed E-state index contributed by atoms with van der Waals surface area (Å²) in [6.07, 6.45) is -4.29. The summed E-state index contributed by atoms with van der Waals surface area (Å²) >= 11 is 0. The number of benzene rings is 1. The van der Waals surface area contributed by atoms with Crippen LogP contribution in [0.4, 0.5) is 13.2 Å². The maximum absolute atomic E-state index is 12.8. The van der Waals surface area contributed by atoms with Gasteiger partial charge in [-0.15, -0.1) is 0 Å². The van der Waals surface area contributed by atoms with Crippen LogP contribution in [0.3, 0.4) is 0 Å². The molecule has 0 radical (unpaired) electrons. The van der Waals surface area contributed by atoms with Gasteiger partial charge in [-0.2, -0.15) is 13.2 Å². The Kier molecular flexibility index (Phi) is 5.78. The largest absolute Gasteiger partial charge is 0.481 e. The van der Waals surface area contributed by atoms with Gasteiger partial charge < -0.3 is 4.74 Å². The molecule has 2 heterocycles. The number of pyridine rings is 1. The van der Waals surface area contributed by atoms with Crippen LogP contribution >= 0.6 is 0 Å². The van der Waals surface area contributed by atoms with Crippen LogP contribution in [0.15, 0.2) is 42.5 Å². The number of halogens is 3. The molecule has 3 rings (SSSR count). The van der Waals surface area contributed by atoms with Crippen molar-refractivity contribution in [1.82, 2.24) is 14.8 Å². The van der Waals surface area contributed by atoms with Crippen LogP contribution < -0.4 is 4.74 Å². The third-order valence-electron chi connectivity index (χ3n) is 4.50. The van der Waals surface area contributed by atoms with E-state index in [1.807, 2.05) is 18.2 Å². The first-order chi connectivity index (χ1) is 12.4. The van der Waals surface area contributed by atoms with Gasteiger partial charge in [-0.25, -0.2) is 4.98 Å². The van der Waals surface area contributed by atoms with E-state index in [0.29, 0.717) is 18.0 Å². The van der Waals surface area contributed by atoms with Crippen LogP contribution in [0.5, 0.6) is 5.88 Å². The minimum atomic E-state index is -4.29. The molecule has 7 heteroatoms. The van der Waals surface area contributed by atoms with E-state index in [0.717, 1.165) is 44.5 Å². The summed E-state index contributed by atoms with van der Waals surface area (Å²) < 4.78 is 43.6. The molecule has 0 spiro atoms. The average Bonchev–Trinajstić information content (AvgIpc) is 2.63. The molecular formula is C19H22F3N3O. The summed E-state index contributed by atoms with van der Waals surface area (Å²) in [6, 6.07) is 11.3. The predicted molar refractivity (Wildman–Crippen MR) is 92.8 cm³/mol. The van der Waals surface area contributed by atoms with Crippen LogP contribution in [0.2, 0.25) is 0 Å². The normalized spacial score (nSPS) is 16.6. The van der Waals surface area contributed by atoms with E-state index < -0.39 is 11.7 Å². The number of hydrogen-bond acceptors (Lipinski definition) is 4. The van der Waals surface area contributed by atoms with Gasteiger partial charge in [0.2, 0.25) is 5.88 Å². The minimum Gasteiger partial charge on any atom is -0.481 e. The molecule has 0 atom stereocenters. The van der Waals surface area contributed by atoms with E-state index >= 15 is 0 Å². The Morgan fingerprint density at radius 1 is 0.962 bits per heavy atom. The van der Waals surface area contributed by atoms with Gasteiger partial charge >= 0.3 is 6.18 Å². The maximum Gasteiger partial charge on any atom is 0.416 e. The van der Waals surface area contributed by atoms with E-state index in [4.69, 9.17) is 4.74 Å². The van der Waals surface area contributed by atoms with Gasteiger partial charge in [-0.3, -0.25) is 9.80 Å². The van der Waals surface area contributed by atoms with Crippen molar-refractivity contribution in [3.8, 4) is 5.88 Å². The maximum atomic E-state index is 12.8. The molecule has 0 bridgehead atoms. The molecule has 0 N–H and O–H groups in total.